The number of nitrogen functional groups attached to an aromatic ring is 1. The predicted octanol–water partition coefficient (Wildman–Crippen LogP) is 1.98. The van der Waals surface area contributed by atoms with Crippen molar-refractivity contribution < 1.29 is 0 Å². The van der Waals surface area contributed by atoms with E-state index in [1.54, 1.807) is 0 Å². The monoisotopic (exact) mass is 183 g/mol. The highest BCUT2D eigenvalue weighted by atomic mass is 35.5. The third-order valence-corrected chi connectivity index (χ3v) is 2.62. The zero-order valence-electron chi connectivity index (χ0n) is 6.63. The lowest BCUT2D eigenvalue weighted by atomic mass is 9.83. The number of hydrogen-bond donors (Lipinski definition) is 1. The van der Waals surface area contributed by atoms with E-state index in [4.69, 9.17) is 17.3 Å². The van der Waals surface area contributed by atoms with Crippen LogP contribution in [-0.4, -0.2) is 10.2 Å². The molecule has 0 atom stereocenters. The van der Waals surface area contributed by atoms with Gasteiger partial charge in [-0.1, -0.05) is 18.0 Å². The maximum absolute atomic E-state index is 5.81. The summed E-state index contributed by atoms with van der Waals surface area (Å²) in [6.07, 6.45) is 3.69. The summed E-state index contributed by atoms with van der Waals surface area (Å²) in [5.74, 6) is 0.885. The lowest BCUT2D eigenvalue weighted by molar-refractivity contribution is 0.408. The van der Waals surface area contributed by atoms with E-state index in [1.807, 2.05) is 6.07 Å². The van der Waals surface area contributed by atoms with Gasteiger partial charge in [-0.15, -0.1) is 5.10 Å². The van der Waals surface area contributed by atoms with Crippen molar-refractivity contribution in [3.63, 3.8) is 0 Å². The third-order valence-electron chi connectivity index (χ3n) is 2.32. The van der Waals surface area contributed by atoms with Crippen molar-refractivity contribution in [1.29, 1.82) is 0 Å². The predicted molar refractivity (Wildman–Crippen MR) is 48.0 cm³/mol. The summed E-state index contributed by atoms with van der Waals surface area (Å²) in [7, 11) is 0. The minimum Gasteiger partial charge on any atom is -0.381 e. The number of rotatable bonds is 1. The van der Waals surface area contributed by atoms with Crippen molar-refractivity contribution in [2.45, 2.75) is 25.2 Å². The first-order chi connectivity index (χ1) is 5.77. The molecule has 0 spiro atoms. The first kappa shape index (κ1) is 7.80. The number of halogens is 1. The lowest BCUT2D eigenvalue weighted by Crippen LogP contribution is -2.11. The normalized spacial score (nSPS) is 17.4. The second-order valence-electron chi connectivity index (χ2n) is 3.13. The molecule has 1 aliphatic carbocycles. The van der Waals surface area contributed by atoms with Crippen LogP contribution < -0.4 is 5.73 Å². The van der Waals surface area contributed by atoms with Gasteiger partial charge in [0.15, 0.2) is 5.82 Å². The van der Waals surface area contributed by atoms with Crippen molar-refractivity contribution >= 4 is 17.4 Å². The second-order valence-corrected chi connectivity index (χ2v) is 3.54. The average Bonchev–Trinajstić information content (AvgIpc) is 1.93. The van der Waals surface area contributed by atoms with Gasteiger partial charge in [-0.05, 0) is 18.9 Å². The third kappa shape index (κ3) is 1.25. The molecule has 0 bridgehead atoms. The van der Waals surface area contributed by atoms with Gasteiger partial charge in [0.1, 0.15) is 0 Å². The molecule has 1 saturated carbocycles. The molecule has 1 aliphatic rings. The van der Waals surface area contributed by atoms with Crippen LogP contribution in [0.25, 0.3) is 0 Å². The van der Waals surface area contributed by atoms with E-state index < -0.39 is 0 Å². The number of anilines is 1. The van der Waals surface area contributed by atoms with Crippen LogP contribution in [0.1, 0.15) is 30.9 Å². The smallest absolute Gasteiger partial charge is 0.164 e. The van der Waals surface area contributed by atoms with E-state index in [-0.39, 0.29) is 0 Å². The molecule has 2 N–H and O–H groups in total. The Morgan fingerprint density at radius 1 is 1.42 bits per heavy atom. The Kier molecular flexibility index (Phi) is 1.89. The van der Waals surface area contributed by atoms with Crippen LogP contribution in [-0.2, 0) is 0 Å². The first-order valence-corrected chi connectivity index (χ1v) is 4.44. The molecule has 0 radical (unpaired) electrons. The van der Waals surface area contributed by atoms with Gasteiger partial charge in [-0.2, -0.15) is 5.10 Å². The lowest BCUT2D eigenvalue weighted by Gasteiger charge is -2.24. The minimum atomic E-state index is 0.319. The Balaban J connectivity index is 2.27. The number of aromatic nitrogens is 2. The molecule has 64 valence electrons. The molecular formula is C8H10ClN3. The van der Waals surface area contributed by atoms with Gasteiger partial charge in [0.2, 0.25) is 0 Å². The molecule has 1 aromatic heterocycles. The number of hydrogen-bond acceptors (Lipinski definition) is 3. The largest absolute Gasteiger partial charge is 0.381 e. The average molecular weight is 184 g/mol. The Morgan fingerprint density at radius 3 is 2.67 bits per heavy atom. The fourth-order valence-electron chi connectivity index (χ4n) is 1.30. The van der Waals surface area contributed by atoms with Gasteiger partial charge in [0, 0.05) is 5.92 Å². The van der Waals surface area contributed by atoms with E-state index in [0.717, 1.165) is 5.69 Å². The van der Waals surface area contributed by atoms with Gasteiger partial charge in [-0.3, -0.25) is 0 Å². The first-order valence-electron chi connectivity index (χ1n) is 4.06. The Labute approximate surface area is 75.9 Å². The van der Waals surface area contributed by atoms with E-state index in [0.29, 0.717) is 16.8 Å². The molecule has 2 rings (SSSR count). The molecule has 0 aromatic carbocycles. The zero-order chi connectivity index (χ0) is 8.55. The summed E-state index contributed by atoms with van der Waals surface area (Å²) in [6, 6.07) is 1.83. The van der Waals surface area contributed by atoms with Crippen LogP contribution in [0.3, 0.4) is 0 Å². The summed E-state index contributed by atoms with van der Waals surface area (Å²) in [6.45, 7) is 0. The summed E-state index contributed by atoms with van der Waals surface area (Å²) in [4.78, 5) is 0. The molecule has 0 unspecified atom stereocenters. The summed E-state index contributed by atoms with van der Waals surface area (Å²) < 4.78 is 0. The second kappa shape index (κ2) is 2.90. The van der Waals surface area contributed by atoms with E-state index in [2.05, 4.69) is 10.2 Å². The van der Waals surface area contributed by atoms with E-state index >= 15 is 0 Å². The molecule has 1 aromatic rings. The molecule has 12 heavy (non-hydrogen) atoms. The highest BCUT2D eigenvalue weighted by Crippen LogP contribution is 2.36. The highest BCUT2D eigenvalue weighted by molar-refractivity contribution is 6.32. The van der Waals surface area contributed by atoms with E-state index in [9.17, 15) is 0 Å². The molecule has 0 aliphatic heterocycles. The molecule has 0 amide bonds. The van der Waals surface area contributed by atoms with Gasteiger partial charge < -0.3 is 5.73 Å². The topological polar surface area (TPSA) is 51.8 Å². The molecule has 1 heterocycles. The van der Waals surface area contributed by atoms with Crippen molar-refractivity contribution in [1.82, 2.24) is 10.2 Å². The molecule has 0 saturated heterocycles. The van der Waals surface area contributed by atoms with Crippen LogP contribution in [0.5, 0.6) is 0 Å². The maximum atomic E-state index is 5.81. The van der Waals surface area contributed by atoms with Gasteiger partial charge in [0.25, 0.3) is 0 Å². The van der Waals surface area contributed by atoms with Crippen LogP contribution >= 0.6 is 11.6 Å². The van der Waals surface area contributed by atoms with Crippen LogP contribution in [0.15, 0.2) is 6.07 Å². The van der Waals surface area contributed by atoms with Crippen molar-refractivity contribution in [2.24, 2.45) is 0 Å². The molecule has 3 nitrogen and oxygen atoms in total. The highest BCUT2D eigenvalue weighted by Gasteiger charge is 2.21. The number of nitrogens with zero attached hydrogens (tertiary/aromatic N) is 2. The quantitative estimate of drug-likeness (QED) is 0.725. The molecule has 4 heteroatoms. The molecular weight excluding hydrogens is 174 g/mol. The van der Waals surface area contributed by atoms with E-state index in [1.165, 1.54) is 19.3 Å². The van der Waals surface area contributed by atoms with Crippen LogP contribution in [0.4, 0.5) is 5.82 Å². The fourth-order valence-corrected chi connectivity index (χ4v) is 1.45. The Morgan fingerprint density at radius 2 is 2.17 bits per heavy atom. The summed E-state index contributed by atoms with van der Waals surface area (Å²) in [5, 5.41) is 8.30. The Hall–Kier alpha value is -0.830. The summed E-state index contributed by atoms with van der Waals surface area (Å²) >= 11 is 5.81. The SMILES string of the molecule is Nc1nnc(C2CCC2)cc1Cl. The van der Waals surface area contributed by atoms with Gasteiger partial charge in [-0.25, -0.2) is 0 Å². The van der Waals surface area contributed by atoms with Crippen molar-refractivity contribution in [3.8, 4) is 0 Å². The number of nitrogens with two attached hydrogens (primary N) is 1. The van der Waals surface area contributed by atoms with Crippen molar-refractivity contribution in [2.75, 3.05) is 5.73 Å². The minimum absolute atomic E-state index is 0.319. The van der Waals surface area contributed by atoms with Gasteiger partial charge in [0.05, 0.1) is 10.7 Å². The zero-order valence-corrected chi connectivity index (χ0v) is 7.38. The maximum Gasteiger partial charge on any atom is 0.164 e. The van der Waals surface area contributed by atoms with Crippen LogP contribution in [0.2, 0.25) is 5.02 Å². The van der Waals surface area contributed by atoms with Crippen molar-refractivity contribution in [3.05, 3.63) is 16.8 Å². The van der Waals surface area contributed by atoms with Crippen LogP contribution in [0, 0.1) is 0 Å². The molecule has 1 fully saturated rings. The summed E-state index contributed by atoms with van der Waals surface area (Å²) in [5.41, 5.74) is 6.43. The Bertz CT molecular complexity index is 296. The fraction of sp³-hybridized carbons (Fsp3) is 0.500. The van der Waals surface area contributed by atoms with Gasteiger partial charge >= 0.3 is 0 Å². The standard InChI is InChI=1S/C8H10ClN3/c9-6-4-7(5-2-1-3-5)11-12-8(6)10/h4-5H,1-3H2,(H2,10,12).